The summed E-state index contributed by atoms with van der Waals surface area (Å²) in [4.78, 5) is 14.5. The summed E-state index contributed by atoms with van der Waals surface area (Å²) >= 11 is 0. The monoisotopic (exact) mass is 252 g/mol. The van der Waals surface area contributed by atoms with Gasteiger partial charge in [0.05, 0.1) is 0 Å². The molecule has 1 atom stereocenters. The fraction of sp³-hybridized carbons (Fsp3) is 0.933. The first-order chi connectivity index (χ1) is 8.47. The van der Waals surface area contributed by atoms with E-state index in [0.29, 0.717) is 12.5 Å². The Bertz CT molecular complexity index is 289. The van der Waals surface area contributed by atoms with Crippen LogP contribution in [0.3, 0.4) is 0 Å². The molecule has 2 N–H and O–H groups in total. The molecule has 0 spiro atoms. The van der Waals surface area contributed by atoms with Gasteiger partial charge in [-0.25, -0.2) is 0 Å². The number of likely N-dealkylation sites (tertiary alicyclic amines) is 1. The SMILES string of the molecule is CC(C)(N)CC(=O)N1CCCC1C1CCCCC1. The van der Waals surface area contributed by atoms with E-state index in [1.807, 2.05) is 13.8 Å². The summed E-state index contributed by atoms with van der Waals surface area (Å²) in [6.07, 6.45) is 9.60. The van der Waals surface area contributed by atoms with E-state index in [4.69, 9.17) is 5.73 Å². The van der Waals surface area contributed by atoms with Gasteiger partial charge in [0.1, 0.15) is 0 Å². The van der Waals surface area contributed by atoms with E-state index in [-0.39, 0.29) is 11.4 Å². The maximum Gasteiger partial charge on any atom is 0.224 e. The predicted octanol–water partition coefficient (Wildman–Crippen LogP) is 2.69. The largest absolute Gasteiger partial charge is 0.339 e. The second-order valence-corrected chi connectivity index (χ2v) is 6.86. The fourth-order valence-corrected chi connectivity index (χ4v) is 3.60. The van der Waals surface area contributed by atoms with Gasteiger partial charge in [-0.15, -0.1) is 0 Å². The lowest BCUT2D eigenvalue weighted by atomic mass is 9.82. The van der Waals surface area contributed by atoms with E-state index in [2.05, 4.69) is 4.90 Å². The summed E-state index contributed by atoms with van der Waals surface area (Å²) < 4.78 is 0. The van der Waals surface area contributed by atoms with Crippen molar-refractivity contribution >= 4 is 5.91 Å². The van der Waals surface area contributed by atoms with Crippen molar-refractivity contribution < 1.29 is 4.79 Å². The third kappa shape index (κ3) is 3.47. The Labute approximate surface area is 111 Å². The van der Waals surface area contributed by atoms with Gasteiger partial charge in [0, 0.05) is 24.5 Å². The molecule has 1 saturated carbocycles. The van der Waals surface area contributed by atoms with Crippen molar-refractivity contribution in [3.8, 4) is 0 Å². The molecule has 1 unspecified atom stereocenters. The number of carbonyl (C=O) groups excluding carboxylic acids is 1. The van der Waals surface area contributed by atoms with Gasteiger partial charge in [0.15, 0.2) is 0 Å². The van der Waals surface area contributed by atoms with Gasteiger partial charge >= 0.3 is 0 Å². The summed E-state index contributed by atoms with van der Waals surface area (Å²) in [6.45, 7) is 4.84. The van der Waals surface area contributed by atoms with E-state index in [0.717, 1.165) is 12.5 Å². The van der Waals surface area contributed by atoms with Crippen LogP contribution in [-0.4, -0.2) is 28.9 Å². The van der Waals surface area contributed by atoms with Crippen LogP contribution in [0, 0.1) is 5.92 Å². The van der Waals surface area contributed by atoms with E-state index >= 15 is 0 Å². The molecular weight excluding hydrogens is 224 g/mol. The highest BCUT2D eigenvalue weighted by Crippen LogP contribution is 2.34. The van der Waals surface area contributed by atoms with Crippen LogP contribution < -0.4 is 5.73 Å². The molecule has 2 aliphatic rings. The van der Waals surface area contributed by atoms with Crippen LogP contribution in [0.5, 0.6) is 0 Å². The standard InChI is InChI=1S/C15H28N2O/c1-15(2,16)11-14(18)17-10-6-9-13(17)12-7-4-3-5-8-12/h12-13H,3-11,16H2,1-2H3. The van der Waals surface area contributed by atoms with Crippen molar-refractivity contribution in [3.05, 3.63) is 0 Å². The minimum absolute atomic E-state index is 0.274. The summed E-state index contributed by atoms with van der Waals surface area (Å²) in [5, 5.41) is 0. The van der Waals surface area contributed by atoms with Gasteiger partial charge in [-0.2, -0.15) is 0 Å². The molecule has 0 aromatic rings. The lowest BCUT2D eigenvalue weighted by Gasteiger charge is -2.35. The molecule has 0 bridgehead atoms. The molecule has 3 nitrogen and oxygen atoms in total. The molecule has 1 heterocycles. The number of hydrogen-bond acceptors (Lipinski definition) is 2. The highest BCUT2D eigenvalue weighted by Gasteiger charge is 2.36. The Morgan fingerprint density at radius 3 is 2.44 bits per heavy atom. The number of nitrogens with two attached hydrogens (primary N) is 1. The van der Waals surface area contributed by atoms with Crippen LogP contribution in [0.4, 0.5) is 0 Å². The molecule has 0 radical (unpaired) electrons. The Hall–Kier alpha value is -0.570. The molecule has 0 aromatic carbocycles. The molecule has 1 saturated heterocycles. The smallest absolute Gasteiger partial charge is 0.224 e. The fourth-order valence-electron chi connectivity index (χ4n) is 3.60. The van der Waals surface area contributed by atoms with Gasteiger partial charge in [0.25, 0.3) is 0 Å². The lowest BCUT2D eigenvalue weighted by Crippen LogP contribution is -2.45. The van der Waals surface area contributed by atoms with E-state index in [1.165, 1.54) is 44.9 Å². The highest BCUT2D eigenvalue weighted by molar-refractivity contribution is 5.78. The van der Waals surface area contributed by atoms with Crippen molar-refractivity contribution in [3.63, 3.8) is 0 Å². The van der Waals surface area contributed by atoms with Crippen LogP contribution in [0.1, 0.15) is 65.2 Å². The molecule has 104 valence electrons. The third-order valence-electron chi connectivity index (χ3n) is 4.42. The zero-order valence-electron chi connectivity index (χ0n) is 12.0. The van der Waals surface area contributed by atoms with Crippen molar-refractivity contribution in [1.29, 1.82) is 0 Å². The van der Waals surface area contributed by atoms with Gasteiger partial charge < -0.3 is 10.6 Å². The maximum atomic E-state index is 12.4. The first kappa shape index (κ1) is 13.9. The highest BCUT2D eigenvalue weighted by atomic mass is 16.2. The number of hydrogen-bond donors (Lipinski definition) is 1. The van der Waals surface area contributed by atoms with Crippen molar-refractivity contribution in [2.45, 2.75) is 76.8 Å². The summed E-state index contributed by atoms with van der Waals surface area (Å²) in [7, 11) is 0. The van der Waals surface area contributed by atoms with Gasteiger partial charge in [0.2, 0.25) is 5.91 Å². The van der Waals surface area contributed by atoms with E-state index in [9.17, 15) is 4.79 Å². The Morgan fingerprint density at radius 1 is 1.17 bits per heavy atom. The average Bonchev–Trinajstić information content (AvgIpc) is 2.76. The first-order valence-electron chi connectivity index (χ1n) is 7.56. The summed E-state index contributed by atoms with van der Waals surface area (Å²) in [6, 6.07) is 0.514. The number of carbonyl (C=O) groups is 1. The van der Waals surface area contributed by atoms with E-state index < -0.39 is 0 Å². The second kappa shape index (κ2) is 5.60. The van der Waals surface area contributed by atoms with Crippen molar-refractivity contribution in [2.24, 2.45) is 11.7 Å². The minimum Gasteiger partial charge on any atom is -0.339 e. The topological polar surface area (TPSA) is 46.3 Å². The predicted molar refractivity (Wildman–Crippen MR) is 74.2 cm³/mol. The van der Waals surface area contributed by atoms with Crippen LogP contribution in [0.25, 0.3) is 0 Å². The van der Waals surface area contributed by atoms with Crippen molar-refractivity contribution in [2.75, 3.05) is 6.54 Å². The summed E-state index contributed by atoms with van der Waals surface area (Å²) in [5.74, 6) is 1.03. The van der Waals surface area contributed by atoms with Crippen LogP contribution >= 0.6 is 0 Å². The third-order valence-corrected chi connectivity index (χ3v) is 4.42. The van der Waals surface area contributed by atoms with Gasteiger partial charge in [-0.3, -0.25) is 4.79 Å². The van der Waals surface area contributed by atoms with Gasteiger partial charge in [-0.05, 0) is 45.4 Å². The molecular formula is C15H28N2O. The van der Waals surface area contributed by atoms with Crippen molar-refractivity contribution in [1.82, 2.24) is 4.90 Å². The summed E-state index contributed by atoms with van der Waals surface area (Å²) in [5.41, 5.74) is 5.60. The molecule has 0 aromatic heterocycles. The first-order valence-corrected chi connectivity index (χ1v) is 7.56. The zero-order valence-corrected chi connectivity index (χ0v) is 12.0. The zero-order chi connectivity index (χ0) is 13.2. The number of nitrogens with zero attached hydrogens (tertiary/aromatic N) is 1. The van der Waals surface area contributed by atoms with Crippen LogP contribution in [-0.2, 0) is 4.79 Å². The minimum atomic E-state index is -0.378. The normalized spacial score (nSPS) is 26.6. The molecule has 2 rings (SSSR count). The number of amides is 1. The molecule has 18 heavy (non-hydrogen) atoms. The second-order valence-electron chi connectivity index (χ2n) is 6.86. The maximum absolute atomic E-state index is 12.4. The number of rotatable bonds is 3. The quantitative estimate of drug-likeness (QED) is 0.839. The lowest BCUT2D eigenvalue weighted by molar-refractivity contribution is -0.134. The molecule has 1 amide bonds. The molecule has 3 heteroatoms. The molecule has 1 aliphatic carbocycles. The van der Waals surface area contributed by atoms with Gasteiger partial charge in [-0.1, -0.05) is 19.3 Å². The van der Waals surface area contributed by atoms with Crippen LogP contribution in [0.2, 0.25) is 0 Å². The molecule has 1 aliphatic heterocycles. The molecule has 2 fully saturated rings. The van der Waals surface area contributed by atoms with Crippen LogP contribution in [0.15, 0.2) is 0 Å². The Balaban J connectivity index is 1.96. The average molecular weight is 252 g/mol. The Kier molecular flexibility index (Phi) is 4.31. The Morgan fingerprint density at radius 2 is 1.83 bits per heavy atom. The van der Waals surface area contributed by atoms with E-state index in [1.54, 1.807) is 0 Å².